The van der Waals surface area contributed by atoms with Crippen LogP contribution in [0.15, 0.2) is 45.6 Å². The van der Waals surface area contributed by atoms with Gasteiger partial charge in [0.1, 0.15) is 10.5 Å². The van der Waals surface area contributed by atoms with Crippen LogP contribution in [0, 0.1) is 6.92 Å². The third-order valence-corrected chi connectivity index (χ3v) is 7.38. The highest BCUT2D eigenvalue weighted by Gasteiger charge is 2.45. The van der Waals surface area contributed by atoms with Gasteiger partial charge in [-0.25, -0.2) is 9.78 Å². The molecule has 1 unspecified atom stereocenters. The predicted octanol–water partition coefficient (Wildman–Crippen LogP) is 5.16. The Morgan fingerprint density at radius 3 is 2.59 bits per heavy atom. The molecule has 2 aromatic carbocycles. The first-order valence-corrected chi connectivity index (χ1v) is 12.4. The van der Waals surface area contributed by atoms with E-state index in [4.69, 9.17) is 30.2 Å². The number of amides is 1. The largest absolute Gasteiger partial charge is 0.493 e. The highest BCUT2D eigenvalue weighted by atomic mass is 35.5. The Kier molecular flexibility index (Phi) is 6.38. The number of hydrogen-bond acceptors (Lipinski definition) is 9. The van der Waals surface area contributed by atoms with Crippen LogP contribution < -0.4 is 19.8 Å². The number of fused-ring (bicyclic) bond motifs is 2. The quantitative estimate of drug-likeness (QED) is 0.309. The first-order valence-electron chi connectivity index (χ1n) is 11.2. The number of esters is 1. The van der Waals surface area contributed by atoms with E-state index in [1.165, 1.54) is 25.2 Å². The monoisotopic (exact) mass is 540 g/mol. The van der Waals surface area contributed by atoms with Crippen molar-refractivity contribution in [1.82, 2.24) is 4.98 Å². The third-order valence-electron chi connectivity index (χ3n) is 6.01. The lowest BCUT2D eigenvalue weighted by Crippen LogP contribution is -2.29. The van der Waals surface area contributed by atoms with Crippen molar-refractivity contribution in [3.8, 4) is 11.5 Å². The average Bonchev–Trinajstić information content (AvgIpc) is 3.41. The topological polar surface area (TPSA) is 108 Å². The Labute approximate surface area is 220 Å². The number of thiazole rings is 1. The van der Waals surface area contributed by atoms with Crippen molar-refractivity contribution < 1.29 is 28.2 Å². The second kappa shape index (κ2) is 9.53. The van der Waals surface area contributed by atoms with E-state index in [1.807, 2.05) is 0 Å². The van der Waals surface area contributed by atoms with Crippen LogP contribution >= 0.6 is 22.9 Å². The molecule has 9 nitrogen and oxygen atoms in total. The molecule has 1 amide bonds. The minimum absolute atomic E-state index is 0.106. The van der Waals surface area contributed by atoms with Crippen molar-refractivity contribution in [2.24, 2.45) is 0 Å². The molecule has 0 radical (unpaired) electrons. The van der Waals surface area contributed by atoms with Crippen LogP contribution in [0.2, 0.25) is 5.02 Å². The Balaban J connectivity index is 1.77. The molecule has 0 spiro atoms. The highest BCUT2D eigenvalue weighted by Crippen LogP contribution is 2.45. The van der Waals surface area contributed by atoms with Gasteiger partial charge in [0.05, 0.1) is 43.5 Å². The number of ether oxygens (including phenoxy) is 3. The maximum absolute atomic E-state index is 13.8. The van der Waals surface area contributed by atoms with E-state index in [9.17, 15) is 14.4 Å². The number of benzene rings is 2. The minimum Gasteiger partial charge on any atom is -0.493 e. The molecule has 0 N–H and O–H groups in total. The van der Waals surface area contributed by atoms with Crippen LogP contribution in [0.4, 0.5) is 5.13 Å². The SMILES string of the molecule is CCOC(=O)c1sc(N2C(=O)c3oc4ccc(Cl)cc4c(=O)c3C2c2ccc(OC)c(OC)c2)nc1C. The summed E-state index contributed by atoms with van der Waals surface area (Å²) in [6, 6.07) is 8.83. The molecular formula is C26H21ClN2O7S. The molecule has 0 aliphatic carbocycles. The van der Waals surface area contributed by atoms with Crippen LogP contribution in [0.1, 0.15) is 50.0 Å². The van der Waals surface area contributed by atoms with Crippen molar-refractivity contribution in [3.63, 3.8) is 0 Å². The molecule has 3 heterocycles. The van der Waals surface area contributed by atoms with Gasteiger partial charge in [0, 0.05) is 5.02 Å². The molecule has 4 aromatic rings. The minimum atomic E-state index is -0.914. The van der Waals surface area contributed by atoms with Gasteiger partial charge in [-0.1, -0.05) is 29.0 Å². The smallest absolute Gasteiger partial charge is 0.350 e. The molecule has 190 valence electrons. The van der Waals surface area contributed by atoms with Gasteiger partial charge in [0.15, 0.2) is 22.1 Å². The Bertz CT molecular complexity index is 1630. The zero-order valence-corrected chi connectivity index (χ0v) is 21.9. The van der Waals surface area contributed by atoms with Gasteiger partial charge in [0.2, 0.25) is 5.76 Å². The van der Waals surface area contributed by atoms with Gasteiger partial charge in [-0.05, 0) is 49.7 Å². The Hall–Kier alpha value is -3.89. The van der Waals surface area contributed by atoms with E-state index in [0.29, 0.717) is 27.8 Å². The summed E-state index contributed by atoms with van der Waals surface area (Å²) in [6.07, 6.45) is 0. The van der Waals surface area contributed by atoms with E-state index in [2.05, 4.69) is 4.98 Å². The summed E-state index contributed by atoms with van der Waals surface area (Å²) in [6.45, 7) is 3.56. The molecule has 1 atom stereocenters. The molecule has 1 aliphatic rings. The van der Waals surface area contributed by atoms with Crippen molar-refractivity contribution in [2.75, 3.05) is 25.7 Å². The fourth-order valence-corrected chi connectivity index (χ4v) is 5.51. The molecule has 0 fully saturated rings. The molecule has 37 heavy (non-hydrogen) atoms. The van der Waals surface area contributed by atoms with Gasteiger partial charge < -0.3 is 18.6 Å². The molecule has 0 saturated carbocycles. The fraction of sp³-hybridized carbons (Fsp3) is 0.231. The second-order valence-electron chi connectivity index (χ2n) is 8.14. The maximum Gasteiger partial charge on any atom is 0.350 e. The van der Waals surface area contributed by atoms with Crippen molar-refractivity contribution >= 4 is 50.9 Å². The third kappa shape index (κ3) is 4.02. The summed E-state index contributed by atoms with van der Waals surface area (Å²) in [4.78, 5) is 46.2. The summed E-state index contributed by atoms with van der Waals surface area (Å²) in [5.41, 5.74) is 0.941. The van der Waals surface area contributed by atoms with Crippen LogP contribution in [0.5, 0.6) is 11.5 Å². The van der Waals surface area contributed by atoms with Crippen molar-refractivity contribution in [3.05, 3.63) is 79.1 Å². The van der Waals surface area contributed by atoms with Gasteiger partial charge in [0.25, 0.3) is 5.91 Å². The van der Waals surface area contributed by atoms with Crippen molar-refractivity contribution in [1.29, 1.82) is 0 Å². The lowest BCUT2D eigenvalue weighted by atomic mass is 9.98. The fourth-order valence-electron chi connectivity index (χ4n) is 4.35. The molecule has 11 heteroatoms. The number of hydrogen-bond donors (Lipinski definition) is 0. The molecular weight excluding hydrogens is 520 g/mol. The number of nitrogens with zero attached hydrogens (tertiary/aromatic N) is 2. The van der Waals surface area contributed by atoms with E-state index in [0.717, 1.165) is 11.3 Å². The lowest BCUT2D eigenvalue weighted by Gasteiger charge is -2.23. The number of aryl methyl sites for hydroxylation is 1. The van der Waals surface area contributed by atoms with Gasteiger partial charge in [-0.3, -0.25) is 14.5 Å². The van der Waals surface area contributed by atoms with Gasteiger partial charge in [-0.2, -0.15) is 0 Å². The van der Waals surface area contributed by atoms with E-state index >= 15 is 0 Å². The normalized spacial score (nSPS) is 14.7. The Morgan fingerprint density at radius 2 is 1.89 bits per heavy atom. The summed E-state index contributed by atoms with van der Waals surface area (Å²) in [5.74, 6) is -0.311. The van der Waals surface area contributed by atoms with Gasteiger partial charge >= 0.3 is 5.97 Å². The van der Waals surface area contributed by atoms with Crippen LogP contribution in [0.25, 0.3) is 11.0 Å². The maximum atomic E-state index is 13.8. The number of carbonyl (C=O) groups excluding carboxylic acids is 2. The van der Waals surface area contributed by atoms with E-state index in [1.54, 1.807) is 44.2 Å². The molecule has 2 aromatic heterocycles. The summed E-state index contributed by atoms with van der Waals surface area (Å²) in [5, 5.41) is 0.824. The van der Waals surface area contributed by atoms with Gasteiger partial charge in [-0.15, -0.1) is 0 Å². The van der Waals surface area contributed by atoms with Crippen LogP contribution in [0.3, 0.4) is 0 Å². The standard InChI is InChI=1S/C26H21ClN2O7S/c1-5-35-25(32)23-12(2)28-26(37-23)29-20(13-6-8-17(33-3)18(10-13)34-4)19-21(30)15-11-14(27)7-9-16(15)36-22(19)24(29)31/h6-11,20H,5H2,1-4H3. The first-order chi connectivity index (χ1) is 17.8. The summed E-state index contributed by atoms with van der Waals surface area (Å²) < 4.78 is 21.9. The summed E-state index contributed by atoms with van der Waals surface area (Å²) >= 11 is 7.16. The van der Waals surface area contributed by atoms with Crippen molar-refractivity contribution in [2.45, 2.75) is 19.9 Å². The van der Waals surface area contributed by atoms with Crippen LogP contribution in [-0.2, 0) is 4.74 Å². The number of carbonyl (C=O) groups is 2. The highest BCUT2D eigenvalue weighted by molar-refractivity contribution is 7.17. The first kappa shape index (κ1) is 24.8. The van der Waals surface area contributed by atoms with Crippen LogP contribution in [-0.4, -0.2) is 37.7 Å². The number of aromatic nitrogens is 1. The molecule has 0 saturated heterocycles. The molecule has 0 bridgehead atoms. The molecule has 5 rings (SSSR count). The molecule has 1 aliphatic heterocycles. The average molecular weight is 541 g/mol. The van der Waals surface area contributed by atoms with E-state index in [-0.39, 0.29) is 38.9 Å². The number of methoxy groups -OCH3 is 2. The number of anilines is 1. The zero-order chi connectivity index (χ0) is 26.4. The summed E-state index contributed by atoms with van der Waals surface area (Å²) in [7, 11) is 3.00. The second-order valence-corrected chi connectivity index (χ2v) is 9.55. The van der Waals surface area contributed by atoms with E-state index < -0.39 is 23.3 Å². The Morgan fingerprint density at radius 1 is 1.14 bits per heavy atom. The predicted molar refractivity (Wildman–Crippen MR) is 138 cm³/mol. The lowest BCUT2D eigenvalue weighted by molar-refractivity contribution is 0.0531. The number of rotatable bonds is 6. The number of halogens is 1. The zero-order valence-electron chi connectivity index (χ0n) is 20.3.